The zero-order valence-corrected chi connectivity index (χ0v) is 17.8. The number of nitrogens with zero attached hydrogens (tertiary/aromatic N) is 2. The normalized spacial score (nSPS) is 10.8. The monoisotopic (exact) mass is 472 g/mol. The van der Waals surface area contributed by atoms with Gasteiger partial charge in [-0.2, -0.15) is 0 Å². The number of rotatable bonds is 10. The van der Waals surface area contributed by atoms with E-state index in [0.717, 1.165) is 50.1 Å². The highest BCUT2D eigenvalue weighted by molar-refractivity contribution is 14.0. The van der Waals surface area contributed by atoms with Crippen molar-refractivity contribution in [3.8, 4) is 11.5 Å². The number of hydrogen-bond acceptors (Lipinski definition) is 3. The third-order valence-electron chi connectivity index (χ3n) is 3.57. The molecule has 26 heavy (non-hydrogen) atoms. The van der Waals surface area contributed by atoms with Gasteiger partial charge in [0.25, 0.3) is 0 Å². The first-order chi connectivity index (χ1) is 12.3. The Balaban J connectivity index is 0.00000338. The van der Waals surface area contributed by atoms with Crippen LogP contribution in [-0.4, -0.2) is 43.9 Å². The summed E-state index contributed by atoms with van der Waals surface area (Å²) in [4.78, 5) is 4.58. The Hall–Kier alpha value is -1.90. The minimum atomic E-state index is 0. The number of aliphatic imine (C=N–C) groups is 1. The first kappa shape index (κ1) is 22.1. The van der Waals surface area contributed by atoms with Crippen LogP contribution in [0.25, 0.3) is 0 Å². The minimum absolute atomic E-state index is 0. The van der Waals surface area contributed by atoms with Crippen LogP contribution in [0.15, 0.2) is 53.8 Å². The van der Waals surface area contributed by atoms with Gasteiger partial charge in [0.2, 0.25) is 0 Å². The molecule has 1 aromatic heterocycles. The van der Waals surface area contributed by atoms with E-state index in [4.69, 9.17) is 9.47 Å². The van der Waals surface area contributed by atoms with Gasteiger partial charge >= 0.3 is 0 Å². The molecule has 0 saturated carbocycles. The fraction of sp³-hybridized carbons (Fsp3) is 0.421. The fourth-order valence-electron chi connectivity index (χ4n) is 2.28. The lowest BCUT2D eigenvalue weighted by Crippen LogP contribution is -2.38. The Morgan fingerprint density at radius 1 is 1.08 bits per heavy atom. The van der Waals surface area contributed by atoms with E-state index in [2.05, 4.69) is 39.5 Å². The highest BCUT2D eigenvalue weighted by Crippen LogP contribution is 2.16. The molecular weight excluding hydrogens is 443 g/mol. The van der Waals surface area contributed by atoms with Crippen molar-refractivity contribution in [1.29, 1.82) is 0 Å². The van der Waals surface area contributed by atoms with E-state index >= 15 is 0 Å². The third kappa shape index (κ3) is 8.46. The van der Waals surface area contributed by atoms with Gasteiger partial charge < -0.3 is 24.7 Å². The minimum Gasteiger partial charge on any atom is -0.497 e. The highest BCUT2D eigenvalue weighted by atomic mass is 127. The molecule has 0 fully saturated rings. The summed E-state index contributed by atoms with van der Waals surface area (Å²) in [7, 11) is 1.66. The molecule has 0 aliphatic heterocycles. The molecule has 0 aliphatic carbocycles. The van der Waals surface area contributed by atoms with Crippen molar-refractivity contribution < 1.29 is 9.47 Å². The maximum absolute atomic E-state index is 5.71. The smallest absolute Gasteiger partial charge is 0.191 e. The first-order valence-corrected chi connectivity index (χ1v) is 8.71. The third-order valence-corrected chi connectivity index (χ3v) is 3.57. The predicted octanol–water partition coefficient (Wildman–Crippen LogP) is 3.14. The lowest BCUT2D eigenvalue weighted by atomic mass is 10.3. The van der Waals surface area contributed by atoms with Crippen molar-refractivity contribution in [3.05, 3.63) is 48.8 Å². The second kappa shape index (κ2) is 13.3. The Morgan fingerprint density at radius 3 is 2.42 bits per heavy atom. The van der Waals surface area contributed by atoms with Gasteiger partial charge in [0, 0.05) is 45.0 Å². The average molecular weight is 472 g/mol. The highest BCUT2D eigenvalue weighted by Gasteiger charge is 1.98. The zero-order valence-electron chi connectivity index (χ0n) is 15.5. The standard InChI is InChI=1S/C19H28N4O2.HI/c1-3-20-19(22-12-15-23-13-4-5-14-23)21-11-6-16-25-18-9-7-17(24-2)8-10-18;/h4-5,7-10,13-14H,3,6,11-12,15-16H2,1-2H3,(H2,20,21,22);1H. The van der Waals surface area contributed by atoms with Crippen LogP contribution in [0.1, 0.15) is 13.3 Å². The van der Waals surface area contributed by atoms with E-state index < -0.39 is 0 Å². The molecule has 0 radical (unpaired) electrons. The number of guanidine groups is 1. The van der Waals surface area contributed by atoms with Gasteiger partial charge in [-0.05, 0) is 43.3 Å². The van der Waals surface area contributed by atoms with E-state index in [0.29, 0.717) is 6.61 Å². The Bertz CT molecular complexity index is 615. The maximum atomic E-state index is 5.71. The van der Waals surface area contributed by atoms with Crippen molar-refractivity contribution in [1.82, 2.24) is 15.2 Å². The molecule has 7 heteroatoms. The average Bonchev–Trinajstić information content (AvgIpc) is 3.15. The number of hydrogen-bond donors (Lipinski definition) is 2. The fourth-order valence-corrected chi connectivity index (χ4v) is 2.28. The van der Waals surface area contributed by atoms with Crippen LogP contribution in [0.3, 0.4) is 0 Å². The van der Waals surface area contributed by atoms with Crippen LogP contribution >= 0.6 is 24.0 Å². The largest absolute Gasteiger partial charge is 0.497 e. The lowest BCUT2D eigenvalue weighted by Gasteiger charge is -2.12. The second-order valence-corrected chi connectivity index (χ2v) is 5.49. The molecule has 0 saturated heterocycles. The van der Waals surface area contributed by atoms with Crippen LogP contribution in [0.2, 0.25) is 0 Å². The number of ether oxygens (including phenoxy) is 2. The van der Waals surface area contributed by atoms with Crippen molar-refractivity contribution in [2.75, 3.05) is 33.4 Å². The Kier molecular flexibility index (Phi) is 11.3. The summed E-state index contributed by atoms with van der Waals surface area (Å²) in [5, 5.41) is 6.60. The predicted molar refractivity (Wildman–Crippen MR) is 117 cm³/mol. The summed E-state index contributed by atoms with van der Waals surface area (Å²) in [6.45, 7) is 6.02. The van der Waals surface area contributed by atoms with Gasteiger partial charge in [0.1, 0.15) is 11.5 Å². The Morgan fingerprint density at radius 2 is 1.77 bits per heavy atom. The Labute approximate surface area is 173 Å². The number of benzene rings is 1. The first-order valence-electron chi connectivity index (χ1n) is 8.71. The van der Waals surface area contributed by atoms with Gasteiger partial charge in [0.15, 0.2) is 5.96 Å². The van der Waals surface area contributed by atoms with E-state index in [-0.39, 0.29) is 24.0 Å². The summed E-state index contributed by atoms with van der Waals surface area (Å²) >= 11 is 0. The number of methoxy groups -OCH3 is 1. The summed E-state index contributed by atoms with van der Waals surface area (Å²) in [5.74, 6) is 2.53. The van der Waals surface area contributed by atoms with Crippen LogP contribution in [0.5, 0.6) is 11.5 Å². The molecule has 144 valence electrons. The van der Waals surface area contributed by atoms with E-state index in [9.17, 15) is 0 Å². The SMILES string of the molecule is CCNC(=NCCCOc1ccc(OC)cc1)NCCn1cccc1.I. The molecule has 0 atom stereocenters. The van der Waals surface area contributed by atoms with Crippen LogP contribution in [-0.2, 0) is 6.54 Å². The summed E-state index contributed by atoms with van der Waals surface area (Å²) in [5.41, 5.74) is 0. The maximum Gasteiger partial charge on any atom is 0.191 e. The molecule has 1 heterocycles. The van der Waals surface area contributed by atoms with Crippen molar-refractivity contribution in [2.24, 2.45) is 4.99 Å². The zero-order chi connectivity index (χ0) is 17.7. The van der Waals surface area contributed by atoms with Gasteiger partial charge in [-0.1, -0.05) is 0 Å². The van der Waals surface area contributed by atoms with Crippen molar-refractivity contribution >= 4 is 29.9 Å². The van der Waals surface area contributed by atoms with Gasteiger partial charge in [-0.25, -0.2) is 0 Å². The van der Waals surface area contributed by atoms with Gasteiger partial charge in [-0.3, -0.25) is 4.99 Å². The van der Waals surface area contributed by atoms with Crippen molar-refractivity contribution in [2.45, 2.75) is 19.9 Å². The molecule has 2 N–H and O–H groups in total. The van der Waals surface area contributed by atoms with E-state index in [1.807, 2.05) is 36.4 Å². The molecular formula is C19H29IN4O2. The van der Waals surface area contributed by atoms with Crippen LogP contribution in [0.4, 0.5) is 0 Å². The van der Waals surface area contributed by atoms with Gasteiger partial charge in [-0.15, -0.1) is 24.0 Å². The molecule has 0 unspecified atom stereocenters. The molecule has 0 amide bonds. The molecule has 6 nitrogen and oxygen atoms in total. The summed E-state index contributed by atoms with van der Waals surface area (Å²) in [6, 6.07) is 11.7. The quantitative estimate of drug-likeness (QED) is 0.242. The van der Waals surface area contributed by atoms with Gasteiger partial charge in [0.05, 0.1) is 13.7 Å². The van der Waals surface area contributed by atoms with Crippen LogP contribution in [0, 0.1) is 0 Å². The molecule has 2 aromatic rings. The number of nitrogens with one attached hydrogen (secondary N) is 2. The number of aromatic nitrogens is 1. The lowest BCUT2D eigenvalue weighted by molar-refractivity contribution is 0.312. The molecule has 0 spiro atoms. The van der Waals surface area contributed by atoms with Crippen molar-refractivity contribution in [3.63, 3.8) is 0 Å². The summed E-state index contributed by atoms with van der Waals surface area (Å²) < 4.78 is 13.0. The second-order valence-electron chi connectivity index (χ2n) is 5.49. The molecule has 0 aliphatic rings. The molecule has 0 bridgehead atoms. The van der Waals surface area contributed by atoms with E-state index in [1.54, 1.807) is 7.11 Å². The van der Waals surface area contributed by atoms with E-state index in [1.165, 1.54) is 0 Å². The summed E-state index contributed by atoms with van der Waals surface area (Å²) in [6.07, 6.45) is 4.98. The molecule has 2 rings (SSSR count). The van der Waals surface area contributed by atoms with Crippen LogP contribution < -0.4 is 20.1 Å². The topological polar surface area (TPSA) is 59.8 Å². The molecule has 1 aromatic carbocycles. The number of halogens is 1.